The summed E-state index contributed by atoms with van der Waals surface area (Å²) in [5.41, 5.74) is -0.190. The molecule has 2 heteroatoms. The Labute approximate surface area is 89.9 Å². The maximum Gasteiger partial charge on any atom is 0.123 e. The zero-order chi connectivity index (χ0) is 10.4. The number of thioether (sulfide) groups is 1. The predicted octanol–water partition coefficient (Wildman–Crippen LogP) is 3.51. The van der Waals surface area contributed by atoms with Gasteiger partial charge < -0.3 is 4.74 Å². The minimum atomic E-state index is -0.190. The van der Waals surface area contributed by atoms with Gasteiger partial charge in [-0.05, 0) is 44.7 Å². The Morgan fingerprint density at radius 1 is 1.14 bits per heavy atom. The van der Waals surface area contributed by atoms with Crippen LogP contribution in [0.3, 0.4) is 0 Å². The Kier molecular flexibility index (Phi) is 3.91. The van der Waals surface area contributed by atoms with E-state index in [9.17, 15) is 0 Å². The van der Waals surface area contributed by atoms with Gasteiger partial charge in [-0.1, -0.05) is 18.2 Å². The normalized spacial score (nSPS) is 10.2. The third-order valence-electron chi connectivity index (χ3n) is 1.31. The topological polar surface area (TPSA) is 9.23 Å². The second-order valence-electron chi connectivity index (χ2n) is 3.83. The smallest absolute Gasteiger partial charge is 0.123 e. The van der Waals surface area contributed by atoms with Crippen LogP contribution >= 0.6 is 11.8 Å². The third kappa shape index (κ3) is 4.84. The molecule has 14 heavy (non-hydrogen) atoms. The van der Waals surface area contributed by atoms with Crippen molar-refractivity contribution in [3.63, 3.8) is 0 Å². The van der Waals surface area contributed by atoms with Crippen molar-refractivity contribution in [2.75, 3.05) is 0 Å². The van der Waals surface area contributed by atoms with Crippen LogP contribution in [0.15, 0.2) is 35.2 Å². The fourth-order valence-corrected chi connectivity index (χ4v) is 1.24. The number of hydrogen-bond donors (Lipinski definition) is 0. The molecule has 0 saturated carbocycles. The first-order chi connectivity index (χ1) is 6.58. The number of hydrogen-bond acceptors (Lipinski definition) is 2. The highest BCUT2D eigenvalue weighted by Crippen LogP contribution is 2.15. The van der Waals surface area contributed by atoms with Gasteiger partial charge in [0, 0.05) is 10.1 Å². The highest BCUT2D eigenvalue weighted by Gasteiger charge is 2.07. The molecule has 1 nitrogen and oxygen atoms in total. The van der Waals surface area contributed by atoms with Crippen LogP contribution in [0.1, 0.15) is 20.8 Å². The summed E-state index contributed by atoms with van der Waals surface area (Å²) >= 11 is 1.47. The quantitative estimate of drug-likeness (QED) is 0.513. The summed E-state index contributed by atoms with van der Waals surface area (Å²) in [6.45, 7) is 5.94. The molecular weight excluding hydrogens is 192 g/mol. The Hall–Kier alpha value is -1.07. The molecule has 0 aromatic heterocycles. The number of rotatable bonds is 1. The van der Waals surface area contributed by atoms with E-state index in [0.29, 0.717) is 0 Å². The van der Waals surface area contributed by atoms with Crippen LogP contribution in [0.5, 0.6) is 0 Å². The predicted molar refractivity (Wildman–Crippen MR) is 60.9 cm³/mol. The largest absolute Gasteiger partial charge is 0.440 e. The molecule has 0 unspecified atom stereocenters. The van der Waals surface area contributed by atoms with Crippen molar-refractivity contribution < 1.29 is 4.74 Å². The summed E-state index contributed by atoms with van der Waals surface area (Å²) in [6, 6.07) is 10.0. The fraction of sp³-hybridized carbons (Fsp3) is 0.333. The third-order valence-corrected chi connectivity index (χ3v) is 2.00. The lowest BCUT2D eigenvalue weighted by Gasteiger charge is -2.14. The number of ether oxygens (including phenoxy) is 1. The van der Waals surface area contributed by atoms with Crippen LogP contribution < -0.4 is 0 Å². The van der Waals surface area contributed by atoms with E-state index in [1.165, 1.54) is 11.8 Å². The zero-order valence-corrected chi connectivity index (χ0v) is 9.52. The Morgan fingerprint density at radius 2 is 1.79 bits per heavy atom. The maximum absolute atomic E-state index is 5.27. The summed E-state index contributed by atoms with van der Waals surface area (Å²) in [7, 11) is 0. The van der Waals surface area contributed by atoms with Crippen molar-refractivity contribution in [2.45, 2.75) is 31.3 Å². The van der Waals surface area contributed by atoms with Crippen LogP contribution in [0, 0.1) is 11.4 Å². The van der Waals surface area contributed by atoms with Gasteiger partial charge in [-0.25, -0.2) is 0 Å². The molecule has 0 atom stereocenters. The summed E-state index contributed by atoms with van der Waals surface area (Å²) in [5.74, 6) is 0. The van der Waals surface area contributed by atoms with E-state index < -0.39 is 0 Å². The minimum Gasteiger partial charge on any atom is -0.440 e. The van der Waals surface area contributed by atoms with Gasteiger partial charge in [0.05, 0.1) is 0 Å². The molecule has 1 rings (SSSR count). The van der Waals surface area contributed by atoms with Crippen molar-refractivity contribution in [1.29, 1.82) is 0 Å². The standard InChI is InChI=1S/C12H14OS/c1-12(2,3)13-9-10-14-11-7-5-4-6-8-11/h4-8H,1-3H3. The van der Waals surface area contributed by atoms with Gasteiger partial charge in [0.2, 0.25) is 0 Å². The van der Waals surface area contributed by atoms with Crippen LogP contribution in [-0.4, -0.2) is 5.60 Å². The van der Waals surface area contributed by atoms with Crippen molar-refractivity contribution in [1.82, 2.24) is 0 Å². The van der Waals surface area contributed by atoms with Gasteiger partial charge in [0.1, 0.15) is 11.7 Å². The van der Waals surface area contributed by atoms with Crippen LogP contribution in [0.4, 0.5) is 0 Å². The molecule has 1 aromatic carbocycles. The Bertz CT molecular complexity index is 327. The van der Waals surface area contributed by atoms with Gasteiger partial charge >= 0.3 is 0 Å². The molecule has 0 aliphatic heterocycles. The first kappa shape index (κ1) is 11.0. The molecule has 0 radical (unpaired) electrons. The van der Waals surface area contributed by atoms with Gasteiger partial charge in [-0.3, -0.25) is 0 Å². The van der Waals surface area contributed by atoms with Crippen molar-refractivity contribution >= 4 is 11.8 Å². The van der Waals surface area contributed by atoms with Crippen LogP contribution in [0.25, 0.3) is 0 Å². The van der Waals surface area contributed by atoms with Crippen molar-refractivity contribution in [2.24, 2.45) is 0 Å². The summed E-state index contributed by atoms with van der Waals surface area (Å²) in [5, 5.41) is 2.90. The molecule has 0 bridgehead atoms. The molecule has 0 aliphatic carbocycles. The van der Waals surface area contributed by atoms with Gasteiger partial charge in [0.25, 0.3) is 0 Å². The van der Waals surface area contributed by atoms with E-state index >= 15 is 0 Å². The second kappa shape index (κ2) is 4.97. The van der Waals surface area contributed by atoms with Crippen LogP contribution in [-0.2, 0) is 4.74 Å². The molecular formula is C12H14OS. The SMILES string of the molecule is CC(C)(C)OC#CSc1ccccc1. The van der Waals surface area contributed by atoms with Gasteiger partial charge in [-0.2, -0.15) is 0 Å². The van der Waals surface area contributed by atoms with E-state index in [-0.39, 0.29) is 5.60 Å². The zero-order valence-electron chi connectivity index (χ0n) is 8.70. The molecule has 0 saturated heterocycles. The van der Waals surface area contributed by atoms with E-state index in [2.05, 4.69) is 11.4 Å². The monoisotopic (exact) mass is 206 g/mol. The van der Waals surface area contributed by atoms with Crippen molar-refractivity contribution in [3.8, 4) is 11.4 Å². The minimum absolute atomic E-state index is 0.190. The summed E-state index contributed by atoms with van der Waals surface area (Å²) < 4.78 is 5.27. The average Bonchev–Trinajstić information content (AvgIpc) is 2.13. The lowest BCUT2D eigenvalue weighted by atomic mass is 10.2. The number of benzene rings is 1. The van der Waals surface area contributed by atoms with E-state index in [0.717, 1.165) is 4.90 Å². The van der Waals surface area contributed by atoms with E-state index in [1.807, 2.05) is 51.1 Å². The van der Waals surface area contributed by atoms with Crippen LogP contribution in [0.2, 0.25) is 0 Å². The average molecular weight is 206 g/mol. The Balaban J connectivity index is 2.41. The highest BCUT2D eigenvalue weighted by atomic mass is 32.2. The molecule has 1 aromatic rings. The van der Waals surface area contributed by atoms with E-state index in [1.54, 1.807) is 0 Å². The molecule has 0 heterocycles. The maximum atomic E-state index is 5.27. The van der Waals surface area contributed by atoms with Crippen molar-refractivity contribution in [3.05, 3.63) is 30.3 Å². The molecule has 0 spiro atoms. The summed E-state index contributed by atoms with van der Waals surface area (Å²) in [6.07, 6.45) is 2.69. The fourth-order valence-electron chi connectivity index (χ4n) is 0.742. The second-order valence-corrected chi connectivity index (χ2v) is 4.71. The first-order valence-electron chi connectivity index (χ1n) is 4.48. The molecule has 0 aliphatic rings. The Morgan fingerprint density at radius 3 is 2.36 bits per heavy atom. The highest BCUT2D eigenvalue weighted by molar-refractivity contribution is 8.03. The molecule has 74 valence electrons. The summed E-state index contributed by atoms with van der Waals surface area (Å²) in [4.78, 5) is 1.14. The van der Waals surface area contributed by atoms with Gasteiger partial charge in [-0.15, -0.1) is 0 Å². The molecule has 0 amide bonds. The first-order valence-corrected chi connectivity index (χ1v) is 5.29. The van der Waals surface area contributed by atoms with Gasteiger partial charge in [0.15, 0.2) is 0 Å². The lowest BCUT2D eigenvalue weighted by molar-refractivity contribution is 0.0965. The van der Waals surface area contributed by atoms with E-state index in [4.69, 9.17) is 4.74 Å². The molecule has 0 N–H and O–H groups in total. The molecule has 0 fully saturated rings. The lowest BCUT2D eigenvalue weighted by Crippen LogP contribution is -2.15.